The van der Waals surface area contributed by atoms with Gasteiger partial charge in [-0.15, -0.1) is 0 Å². The minimum absolute atomic E-state index is 0.0000652. The van der Waals surface area contributed by atoms with Gasteiger partial charge in [0, 0.05) is 24.4 Å². The molecule has 0 saturated carbocycles. The van der Waals surface area contributed by atoms with Crippen molar-refractivity contribution < 1.29 is 14.0 Å². The van der Waals surface area contributed by atoms with Gasteiger partial charge in [0.25, 0.3) is 5.91 Å². The van der Waals surface area contributed by atoms with Crippen LogP contribution in [0.5, 0.6) is 0 Å². The number of fused-ring (bicyclic) bond motifs is 1. The molecule has 23 heavy (non-hydrogen) atoms. The van der Waals surface area contributed by atoms with E-state index < -0.39 is 17.4 Å². The second kappa shape index (κ2) is 6.24. The fourth-order valence-electron chi connectivity index (χ4n) is 3.08. The van der Waals surface area contributed by atoms with Gasteiger partial charge in [0.2, 0.25) is 5.91 Å². The standard InChI is InChI=1S/C17H18N2O4/c18-15(20)10-12-6-3-4-8-19(12)16(21)13-9-11-5-1-2-7-14(11)23-17(13)22/h1-2,5,7,9,12H,3-4,6,8,10H2,(H2,18,20). The number of nitrogens with two attached hydrogens (primary N) is 1. The van der Waals surface area contributed by atoms with Gasteiger partial charge in [0.1, 0.15) is 11.1 Å². The van der Waals surface area contributed by atoms with Gasteiger partial charge in [-0.3, -0.25) is 9.59 Å². The molecule has 1 aliphatic rings. The van der Waals surface area contributed by atoms with E-state index in [0.29, 0.717) is 23.9 Å². The van der Waals surface area contributed by atoms with Crippen LogP contribution in [0.3, 0.4) is 0 Å². The van der Waals surface area contributed by atoms with Crippen LogP contribution in [0.4, 0.5) is 0 Å². The molecule has 1 atom stereocenters. The van der Waals surface area contributed by atoms with E-state index in [1.807, 2.05) is 6.07 Å². The van der Waals surface area contributed by atoms with Crippen LogP contribution in [-0.4, -0.2) is 29.3 Å². The maximum atomic E-state index is 12.8. The van der Waals surface area contributed by atoms with Crippen LogP contribution < -0.4 is 11.4 Å². The molecular weight excluding hydrogens is 296 g/mol. The Labute approximate surface area is 132 Å². The number of carbonyl (C=O) groups excluding carboxylic acids is 2. The number of benzene rings is 1. The molecule has 0 aliphatic carbocycles. The Morgan fingerprint density at radius 2 is 2.04 bits per heavy atom. The number of piperidine rings is 1. The van der Waals surface area contributed by atoms with E-state index in [0.717, 1.165) is 12.8 Å². The van der Waals surface area contributed by atoms with Crippen LogP contribution in [0, 0.1) is 0 Å². The predicted octanol–water partition coefficient (Wildman–Crippen LogP) is 1.66. The summed E-state index contributed by atoms with van der Waals surface area (Å²) in [5.41, 5.74) is 5.06. The van der Waals surface area contributed by atoms with Crippen molar-refractivity contribution in [3.63, 3.8) is 0 Å². The van der Waals surface area contributed by atoms with E-state index in [4.69, 9.17) is 10.2 Å². The van der Waals surface area contributed by atoms with Crippen molar-refractivity contribution in [3.05, 3.63) is 46.3 Å². The Balaban J connectivity index is 1.96. The maximum absolute atomic E-state index is 12.8. The molecule has 6 heteroatoms. The average Bonchev–Trinajstić information content (AvgIpc) is 2.53. The summed E-state index contributed by atoms with van der Waals surface area (Å²) in [6.07, 6.45) is 2.62. The number of rotatable bonds is 3. The van der Waals surface area contributed by atoms with Crippen molar-refractivity contribution in [2.45, 2.75) is 31.7 Å². The first-order valence-electron chi connectivity index (χ1n) is 7.68. The number of likely N-dealkylation sites (tertiary alicyclic amines) is 1. The SMILES string of the molecule is NC(=O)CC1CCCCN1C(=O)c1cc2ccccc2oc1=O. The molecular formula is C17H18N2O4. The van der Waals surface area contributed by atoms with Crippen molar-refractivity contribution in [1.29, 1.82) is 0 Å². The number of nitrogens with zero attached hydrogens (tertiary/aromatic N) is 1. The molecule has 0 spiro atoms. The van der Waals surface area contributed by atoms with Crippen LogP contribution in [0.15, 0.2) is 39.5 Å². The van der Waals surface area contributed by atoms with Crippen LogP contribution in [0.1, 0.15) is 36.0 Å². The molecule has 1 unspecified atom stereocenters. The summed E-state index contributed by atoms with van der Waals surface area (Å²) in [4.78, 5) is 37.7. The minimum Gasteiger partial charge on any atom is -0.422 e. The number of hydrogen-bond acceptors (Lipinski definition) is 4. The second-order valence-corrected chi connectivity index (χ2v) is 5.80. The topological polar surface area (TPSA) is 93.6 Å². The molecule has 1 fully saturated rings. The predicted molar refractivity (Wildman–Crippen MR) is 85.0 cm³/mol. The molecule has 3 rings (SSSR count). The van der Waals surface area contributed by atoms with Crippen LogP contribution >= 0.6 is 0 Å². The molecule has 2 aromatic rings. The summed E-state index contributed by atoms with van der Waals surface area (Å²) in [5, 5.41) is 0.693. The van der Waals surface area contributed by atoms with Gasteiger partial charge in [-0.05, 0) is 31.4 Å². The van der Waals surface area contributed by atoms with Crippen molar-refractivity contribution in [2.24, 2.45) is 5.73 Å². The highest BCUT2D eigenvalue weighted by molar-refractivity contribution is 5.97. The first kappa shape index (κ1) is 15.3. The van der Waals surface area contributed by atoms with E-state index >= 15 is 0 Å². The lowest BCUT2D eigenvalue weighted by Gasteiger charge is -2.35. The fourth-order valence-corrected chi connectivity index (χ4v) is 3.08. The number of carbonyl (C=O) groups is 2. The van der Waals surface area contributed by atoms with Crippen LogP contribution in [-0.2, 0) is 4.79 Å². The second-order valence-electron chi connectivity index (χ2n) is 5.80. The number of primary amides is 1. The maximum Gasteiger partial charge on any atom is 0.349 e. The molecule has 2 N–H and O–H groups in total. The van der Waals surface area contributed by atoms with Crippen LogP contribution in [0.2, 0.25) is 0 Å². The Kier molecular flexibility index (Phi) is 4.14. The summed E-state index contributed by atoms with van der Waals surface area (Å²) in [6, 6.07) is 8.35. The van der Waals surface area contributed by atoms with Crippen molar-refractivity contribution in [1.82, 2.24) is 4.90 Å². The third kappa shape index (κ3) is 3.11. The van der Waals surface area contributed by atoms with E-state index in [9.17, 15) is 14.4 Å². The lowest BCUT2D eigenvalue weighted by Crippen LogP contribution is -2.46. The van der Waals surface area contributed by atoms with Gasteiger partial charge in [-0.1, -0.05) is 18.2 Å². The molecule has 1 aromatic heterocycles. The van der Waals surface area contributed by atoms with E-state index in [1.54, 1.807) is 29.2 Å². The van der Waals surface area contributed by atoms with Crippen molar-refractivity contribution >= 4 is 22.8 Å². The van der Waals surface area contributed by atoms with Gasteiger partial charge in [-0.25, -0.2) is 4.79 Å². The number of para-hydroxylation sites is 1. The zero-order valence-electron chi connectivity index (χ0n) is 12.7. The van der Waals surface area contributed by atoms with Gasteiger partial charge in [0.05, 0.1) is 0 Å². The van der Waals surface area contributed by atoms with Crippen molar-refractivity contribution in [2.75, 3.05) is 6.54 Å². The molecule has 0 radical (unpaired) electrons. The van der Waals surface area contributed by atoms with Gasteiger partial charge < -0.3 is 15.1 Å². The zero-order valence-corrected chi connectivity index (χ0v) is 12.7. The van der Waals surface area contributed by atoms with E-state index in [1.165, 1.54) is 0 Å². The Hall–Kier alpha value is -2.63. The summed E-state index contributed by atoms with van der Waals surface area (Å²) in [6.45, 7) is 0.517. The van der Waals surface area contributed by atoms with Crippen LogP contribution in [0.25, 0.3) is 11.0 Å². The average molecular weight is 314 g/mol. The Morgan fingerprint density at radius 3 is 2.83 bits per heavy atom. The highest BCUT2D eigenvalue weighted by atomic mass is 16.4. The number of hydrogen-bond donors (Lipinski definition) is 1. The van der Waals surface area contributed by atoms with Crippen molar-refractivity contribution in [3.8, 4) is 0 Å². The lowest BCUT2D eigenvalue weighted by molar-refractivity contribution is -0.119. The Bertz CT molecular complexity index is 812. The summed E-state index contributed by atoms with van der Waals surface area (Å²) in [7, 11) is 0. The van der Waals surface area contributed by atoms with Gasteiger partial charge in [0.15, 0.2) is 0 Å². The fraction of sp³-hybridized carbons (Fsp3) is 0.353. The first-order chi connectivity index (χ1) is 11.1. The quantitative estimate of drug-likeness (QED) is 0.872. The minimum atomic E-state index is -0.655. The highest BCUT2D eigenvalue weighted by Crippen LogP contribution is 2.22. The summed E-state index contributed by atoms with van der Waals surface area (Å²) >= 11 is 0. The van der Waals surface area contributed by atoms with Gasteiger partial charge >= 0.3 is 5.63 Å². The Morgan fingerprint density at radius 1 is 1.26 bits per heavy atom. The normalized spacial score (nSPS) is 18.1. The monoisotopic (exact) mass is 314 g/mol. The molecule has 2 heterocycles. The first-order valence-corrected chi connectivity index (χ1v) is 7.68. The molecule has 2 amide bonds. The summed E-state index contributed by atoms with van der Waals surface area (Å²) < 4.78 is 5.23. The zero-order chi connectivity index (χ0) is 16.4. The third-order valence-corrected chi connectivity index (χ3v) is 4.20. The highest BCUT2D eigenvalue weighted by Gasteiger charge is 2.30. The van der Waals surface area contributed by atoms with E-state index in [2.05, 4.69) is 0 Å². The summed E-state index contributed by atoms with van der Waals surface area (Å²) in [5.74, 6) is -0.837. The molecule has 6 nitrogen and oxygen atoms in total. The molecule has 0 bridgehead atoms. The molecule has 1 aromatic carbocycles. The molecule has 1 saturated heterocycles. The molecule has 120 valence electrons. The molecule has 1 aliphatic heterocycles. The van der Waals surface area contributed by atoms with Gasteiger partial charge in [-0.2, -0.15) is 0 Å². The lowest BCUT2D eigenvalue weighted by atomic mass is 9.98. The van der Waals surface area contributed by atoms with E-state index in [-0.39, 0.29) is 18.0 Å². The number of amides is 2. The largest absolute Gasteiger partial charge is 0.422 e. The third-order valence-electron chi connectivity index (χ3n) is 4.20. The smallest absolute Gasteiger partial charge is 0.349 e.